The first kappa shape index (κ1) is 16.9. The molecule has 0 bridgehead atoms. The maximum atomic E-state index is 12.2. The molecule has 3 heterocycles. The molecule has 1 fully saturated rings. The number of rotatable bonds is 4. The van der Waals surface area contributed by atoms with Gasteiger partial charge in [0.05, 0.1) is 30.6 Å². The fourth-order valence-electron chi connectivity index (χ4n) is 3.31. The molecule has 3 N–H and O–H groups in total. The number of carbonyl (C=O) groups excluding carboxylic acids is 2. The molecule has 2 aliphatic heterocycles. The molecule has 1 aromatic heterocycles. The second-order valence-corrected chi connectivity index (χ2v) is 6.53. The highest BCUT2D eigenvalue weighted by Gasteiger charge is 2.33. The highest BCUT2D eigenvalue weighted by molar-refractivity contribution is 5.95. The van der Waals surface area contributed by atoms with Gasteiger partial charge in [-0.15, -0.1) is 0 Å². The van der Waals surface area contributed by atoms with Gasteiger partial charge in [0.25, 0.3) is 0 Å². The fourth-order valence-corrected chi connectivity index (χ4v) is 3.31. The molecular formula is C18H18N6O3. The summed E-state index contributed by atoms with van der Waals surface area (Å²) in [6, 6.07) is 7.63. The lowest BCUT2D eigenvalue weighted by atomic mass is 10.1. The van der Waals surface area contributed by atoms with Crippen molar-refractivity contribution >= 4 is 23.3 Å². The van der Waals surface area contributed by atoms with Crippen LogP contribution in [0.2, 0.25) is 0 Å². The predicted octanol–water partition coefficient (Wildman–Crippen LogP) is 0.716. The SMILES string of the molecule is N#CC1CC(=O)N(c2cn3c(n2)-c2ccc(NCC(N)=O)cc2OCC3)C1. The number of nitriles is 1. The summed E-state index contributed by atoms with van der Waals surface area (Å²) in [6.45, 7) is 1.44. The van der Waals surface area contributed by atoms with Gasteiger partial charge in [-0.05, 0) is 12.1 Å². The van der Waals surface area contributed by atoms with E-state index in [-0.39, 0.29) is 24.8 Å². The Kier molecular flexibility index (Phi) is 4.16. The summed E-state index contributed by atoms with van der Waals surface area (Å²) >= 11 is 0. The number of benzene rings is 1. The number of primary amides is 1. The number of hydrogen-bond donors (Lipinski definition) is 2. The van der Waals surface area contributed by atoms with Crippen LogP contribution in [0, 0.1) is 17.2 Å². The third kappa shape index (κ3) is 3.17. The first-order chi connectivity index (χ1) is 13.0. The normalized spacial score (nSPS) is 18.1. The minimum absolute atomic E-state index is 0.0364. The zero-order valence-electron chi connectivity index (χ0n) is 14.5. The quantitative estimate of drug-likeness (QED) is 0.821. The molecule has 27 heavy (non-hydrogen) atoms. The number of aromatic nitrogens is 2. The van der Waals surface area contributed by atoms with E-state index in [9.17, 15) is 9.59 Å². The Balaban J connectivity index is 1.66. The van der Waals surface area contributed by atoms with Crippen molar-refractivity contribution in [1.29, 1.82) is 5.26 Å². The number of ether oxygens (including phenoxy) is 1. The number of amides is 2. The molecule has 0 spiro atoms. The average molecular weight is 366 g/mol. The number of nitrogens with zero attached hydrogens (tertiary/aromatic N) is 4. The zero-order chi connectivity index (χ0) is 19.0. The summed E-state index contributed by atoms with van der Waals surface area (Å²) in [5.41, 5.74) is 6.68. The van der Waals surface area contributed by atoms with Crippen LogP contribution in [0.25, 0.3) is 11.4 Å². The second-order valence-electron chi connectivity index (χ2n) is 6.53. The van der Waals surface area contributed by atoms with Crippen LogP contribution in [-0.4, -0.2) is 41.1 Å². The molecule has 0 saturated carbocycles. The van der Waals surface area contributed by atoms with Crippen LogP contribution in [0.3, 0.4) is 0 Å². The van der Waals surface area contributed by atoms with E-state index in [4.69, 9.17) is 15.7 Å². The van der Waals surface area contributed by atoms with Gasteiger partial charge in [-0.1, -0.05) is 0 Å². The minimum atomic E-state index is -0.447. The van der Waals surface area contributed by atoms with Crippen molar-refractivity contribution in [1.82, 2.24) is 9.55 Å². The van der Waals surface area contributed by atoms with Crippen molar-refractivity contribution < 1.29 is 14.3 Å². The summed E-state index contributed by atoms with van der Waals surface area (Å²) in [5.74, 6) is 1.06. The molecule has 138 valence electrons. The first-order valence-electron chi connectivity index (χ1n) is 8.61. The van der Waals surface area contributed by atoms with Crippen LogP contribution >= 0.6 is 0 Å². The van der Waals surface area contributed by atoms with Gasteiger partial charge in [0.2, 0.25) is 11.8 Å². The second kappa shape index (κ2) is 6.64. The van der Waals surface area contributed by atoms with E-state index >= 15 is 0 Å². The van der Waals surface area contributed by atoms with E-state index in [1.165, 1.54) is 0 Å². The topological polar surface area (TPSA) is 126 Å². The Hall–Kier alpha value is -3.54. The maximum Gasteiger partial charge on any atom is 0.236 e. The van der Waals surface area contributed by atoms with Crippen molar-refractivity contribution in [3.63, 3.8) is 0 Å². The van der Waals surface area contributed by atoms with Gasteiger partial charge in [-0.25, -0.2) is 4.98 Å². The molecule has 1 saturated heterocycles. The molecule has 0 radical (unpaired) electrons. The Bertz CT molecular complexity index is 960. The summed E-state index contributed by atoms with van der Waals surface area (Å²) < 4.78 is 7.77. The third-order valence-corrected chi connectivity index (χ3v) is 4.63. The number of fused-ring (bicyclic) bond motifs is 3. The Labute approximate surface area is 155 Å². The van der Waals surface area contributed by atoms with E-state index in [0.29, 0.717) is 37.1 Å². The average Bonchev–Trinajstić information content (AvgIpc) is 3.19. The lowest BCUT2D eigenvalue weighted by molar-refractivity contribution is -0.117. The van der Waals surface area contributed by atoms with Gasteiger partial charge < -0.3 is 20.4 Å². The van der Waals surface area contributed by atoms with Crippen molar-refractivity contribution in [3.05, 3.63) is 24.4 Å². The molecule has 0 aliphatic carbocycles. The Morgan fingerprint density at radius 2 is 2.33 bits per heavy atom. The van der Waals surface area contributed by atoms with Gasteiger partial charge >= 0.3 is 0 Å². The molecule has 1 aromatic carbocycles. The van der Waals surface area contributed by atoms with Crippen molar-refractivity contribution in [2.75, 3.05) is 29.9 Å². The summed E-state index contributed by atoms with van der Waals surface area (Å²) in [6.07, 6.45) is 2.05. The third-order valence-electron chi connectivity index (χ3n) is 4.63. The summed E-state index contributed by atoms with van der Waals surface area (Å²) in [7, 11) is 0. The number of nitrogens with one attached hydrogen (secondary N) is 1. The van der Waals surface area contributed by atoms with Gasteiger partial charge in [-0.2, -0.15) is 5.26 Å². The molecule has 2 aromatic rings. The zero-order valence-corrected chi connectivity index (χ0v) is 14.5. The number of hydrogen-bond acceptors (Lipinski definition) is 6. The lowest BCUT2D eigenvalue weighted by Gasteiger charge is -2.12. The number of imidazole rings is 1. The molecule has 1 atom stereocenters. The number of nitrogens with two attached hydrogens (primary N) is 1. The van der Waals surface area contributed by atoms with Crippen LogP contribution < -0.4 is 20.7 Å². The number of carbonyl (C=O) groups is 2. The highest BCUT2D eigenvalue weighted by Crippen LogP contribution is 2.36. The molecule has 2 amide bonds. The maximum absolute atomic E-state index is 12.2. The molecular weight excluding hydrogens is 348 g/mol. The molecule has 1 unspecified atom stereocenters. The molecule has 9 nitrogen and oxygen atoms in total. The summed E-state index contributed by atoms with van der Waals surface area (Å²) in [5, 5.41) is 12.0. The smallest absolute Gasteiger partial charge is 0.236 e. The molecule has 4 rings (SSSR count). The highest BCUT2D eigenvalue weighted by atomic mass is 16.5. The summed E-state index contributed by atoms with van der Waals surface area (Å²) in [4.78, 5) is 29.3. The van der Waals surface area contributed by atoms with E-state index in [2.05, 4.69) is 16.4 Å². The van der Waals surface area contributed by atoms with Crippen molar-refractivity contribution in [3.8, 4) is 23.2 Å². The van der Waals surface area contributed by atoms with Gasteiger partial charge in [-0.3, -0.25) is 14.5 Å². The van der Waals surface area contributed by atoms with Gasteiger partial charge in [0.1, 0.15) is 18.2 Å². The minimum Gasteiger partial charge on any atom is -0.491 e. The standard InChI is InChI=1S/C18H18N6O3/c19-7-11-5-17(26)24(9-11)16-10-23-3-4-27-14-6-12(21-8-15(20)25)1-2-13(14)18(23)22-16/h1-2,6,10-11,21H,3-5,8-9H2,(H2,20,25). The lowest BCUT2D eigenvalue weighted by Crippen LogP contribution is -2.24. The van der Waals surface area contributed by atoms with Crippen LogP contribution in [0.5, 0.6) is 5.75 Å². The van der Waals surface area contributed by atoms with E-state index in [0.717, 1.165) is 11.3 Å². The van der Waals surface area contributed by atoms with Crippen molar-refractivity contribution in [2.45, 2.75) is 13.0 Å². The Morgan fingerprint density at radius 3 is 3.07 bits per heavy atom. The van der Waals surface area contributed by atoms with Crippen LogP contribution in [0.1, 0.15) is 6.42 Å². The van der Waals surface area contributed by atoms with Crippen LogP contribution in [-0.2, 0) is 16.1 Å². The van der Waals surface area contributed by atoms with Gasteiger partial charge in [0, 0.05) is 30.9 Å². The Morgan fingerprint density at radius 1 is 1.48 bits per heavy atom. The van der Waals surface area contributed by atoms with Crippen LogP contribution in [0.4, 0.5) is 11.5 Å². The largest absolute Gasteiger partial charge is 0.491 e. The van der Waals surface area contributed by atoms with E-state index in [1.54, 1.807) is 11.0 Å². The molecule has 2 aliphatic rings. The fraction of sp³-hybridized carbons (Fsp3) is 0.333. The monoisotopic (exact) mass is 366 g/mol. The molecule has 9 heteroatoms. The number of anilines is 2. The predicted molar refractivity (Wildman–Crippen MR) is 96.9 cm³/mol. The first-order valence-corrected chi connectivity index (χ1v) is 8.61. The van der Waals surface area contributed by atoms with Crippen molar-refractivity contribution in [2.24, 2.45) is 11.7 Å². The van der Waals surface area contributed by atoms with E-state index < -0.39 is 5.91 Å². The van der Waals surface area contributed by atoms with Gasteiger partial charge in [0.15, 0.2) is 5.82 Å². The van der Waals surface area contributed by atoms with E-state index in [1.807, 2.05) is 22.9 Å². The van der Waals surface area contributed by atoms with Crippen LogP contribution in [0.15, 0.2) is 24.4 Å².